The fourth-order valence-corrected chi connectivity index (χ4v) is 4.18. The van der Waals surface area contributed by atoms with E-state index in [1.807, 2.05) is 24.3 Å². The van der Waals surface area contributed by atoms with Gasteiger partial charge < -0.3 is 14.8 Å². The Morgan fingerprint density at radius 3 is 2.24 bits per heavy atom. The summed E-state index contributed by atoms with van der Waals surface area (Å²) in [5, 5.41) is 4.62. The molecule has 0 unspecified atom stereocenters. The maximum atomic E-state index is 12.9. The number of carbonyl (C=O) groups excluding carboxylic acids is 1. The molecule has 3 aromatic carbocycles. The molecule has 0 aliphatic carbocycles. The lowest BCUT2D eigenvalue weighted by Gasteiger charge is -2.12. The number of nitrogens with zero attached hydrogens (tertiary/aromatic N) is 2. The average molecular weight is 465 g/mol. The van der Waals surface area contributed by atoms with Crippen molar-refractivity contribution >= 4 is 38.2 Å². The molecule has 0 spiro atoms. The van der Waals surface area contributed by atoms with Crippen molar-refractivity contribution in [3.8, 4) is 11.6 Å². The van der Waals surface area contributed by atoms with E-state index in [9.17, 15) is 13.2 Å². The van der Waals surface area contributed by atoms with Gasteiger partial charge in [-0.15, -0.1) is 0 Å². The molecule has 9 nitrogen and oxygen atoms in total. The van der Waals surface area contributed by atoms with Crippen LogP contribution < -0.4 is 19.5 Å². The SMILES string of the molecule is COc1cc(NS(=O)(=O)c2ccc(NC(=O)c3cc4ccccc4cc3OC)cc2)ncn1. The van der Waals surface area contributed by atoms with Crippen LogP contribution in [0.4, 0.5) is 11.5 Å². The molecule has 0 radical (unpaired) electrons. The Balaban J connectivity index is 1.52. The van der Waals surface area contributed by atoms with Gasteiger partial charge in [0.1, 0.15) is 17.9 Å². The minimum atomic E-state index is -3.90. The van der Waals surface area contributed by atoms with Crippen LogP contribution in [-0.2, 0) is 10.0 Å². The Hall–Kier alpha value is -4.18. The fourth-order valence-electron chi connectivity index (χ4n) is 3.19. The summed E-state index contributed by atoms with van der Waals surface area (Å²) in [6.45, 7) is 0. The number of fused-ring (bicyclic) bond motifs is 1. The number of methoxy groups -OCH3 is 2. The summed E-state index contributed by atoms with van der Waals surface area (Å²) in [5.74, 6) is 0.363. The highest BCUT2D eigenvalue weighted by atomic mass is 32.2. The first-order chi connectivity index (χ1) is 15.9. The van der Waals surface area contributed by atoms with Crippen LogP contribution in [0.5, 0.6) is 11.6 Å². The van der Waals surface area contributed by atoms with E-state index in [2.05, 4.69) is 20.0 Å². The second-order valence-electron chi connectivity index (χ2n) is 6.93. The van der Waals surface area contributed by atoms with Crippen molar-refractivity contribution in [1.82, 2.24) is 9.97 Å². The number of carbonyl (C=O) groups is 1. The van der Waals surface area contributed by atoms with Crippen molar-refractivity contribution in [1.29, 1.82) is 0 Å². The summed E-state index contributed by atoms with van der Waals surface area (Å²) in [4.78, 5) is 20.6. The first kappa shape index (κ1) is 22.0. The molecular weight excluding hydrogens is 444 g/mol. The van der Waals surface area contributed by atoms with E-state index in [-0.39, 0.29) is 22.5 Å². The lowest BCUT2D eigenvalue weighted by molar-refractivity contribution is 0.102. The van der Waals surface area contributed by atoms with Crippen LogP contribution in [0.25, 0.3) is 10.8 Å². The molecule has 1 heterocycles. The Kier molecular flexibility index (Phi) is 6.09. The van der Waals surface area contributed by atoms with Gasteiger partial charge in [0.05, 0.1) is 24.7 Å². The fraction of sp³-hybridized carbons (Fsp3) is 0.0870. The number of sulfonamides is 1. The van der Waals surface area contributed by atoms with Crippen LogP contribution in [0.15, 0.2) is 78.0 Å². The van der Waals surface area contributed by atoms with Crippen LogP contribution in [-0.4, -0.2) is 38.5 Å². The van der Waals surface area contributed by atoms with Crippen LogP contribution in [0.1, 0.15) is 10.4 Å². The molecule has 33 heavy (non-hydrogen) atoms. The maximum absolute atomic E-state index is 12.9. The Labute approximate surface area is 190 Å². The third-order valence-corrected chi connectivity index (χ3v) is 6.20. The lowest BCUT2D eigenvalue weighted by atomic mass is 10.1. The van der Waals surface area contributed by atoms with Gasteiger partial charge in [0.25, 0.3) is 15.9 Å². The van der Waals surface area contributed by atoms with Gasteiger partial charge in [-0.1, -0.05) is 24.3 Å². The highest BCUT2D eigenvalue weighted by molar-refractivity contribution is 7.92. The standard InChI is InChI=1S/C23H20N4O5S/c1-31-20-12-16-6-4-3-5-15(16)11-19(20)23(28)26-17-7-9-18(10-8-17)33(29,30)27-21-13-22(32-2)25-14-24-21/h3-14H,1-2H3,(H,26,28)(H,24,25,27). The van der Waals surface area contributed by atoms with E-state index in [1.165, 1.54) is 50.9 Å². The van der Waals surface area contributed by atoms with Gasteiger partial charge in [0.2, 0.25) is 5.88 Å². The molecule has 0 fully saturated rings. The van der Waals surface area contributed by atoms with Gasteiger partial charge in [-0.2, -0.15) is 0 Å². The molecule has 0 saturated carbocycles. The van der Waals surface area contributed by atoms with Crippen LogP contribution in [0.2, 0.25) is 0 Å². The number of ether oxygens (including phenoxy) is 2. The second kappa shape index (κ2) is 9.13. The Morgan fingerprint density at radius 2 is 1.58 bits per heavy atom. The minimum absolute atomic E-state index is 0.00126. The molecule has 0 atom stereocenters. The van der Waals surface area contributed by atoms with Crippen molar-refractivity contribution in [2.45, 2.75) is 4.90 Å². The zero-order valence-electron chi connectivity index (χ0n) is 17.8. The molecule has 1 aromatic heterocycles. The first-order valence-corrected chi connectivity index (χ1v) is 11.2. The van der Waals surface area contributed by atoms with Gasteiger partial charge in [-0.25, -0.2) is 18.4 Å². The van der Waals surface area contributed by atoms with E-state index in [0.717, 1.165) is 10.8 Å². The van der Waals surface area contributed by atoms with Gasteiger partial charge in [-0.05, 0) is 47.2 Å². The number of benzene rings is 3. The molecule has 0 bridgehead atoms. The molecule has 4 rings (SSSR count). The summed E-state index contributed by atoms with van der Waals surface area (Å²) in [5.41, 5.74) is 0.796. The number of amides is 1. The molecular formula is C23H20N4O5S. The summed E-state index contributed by atoms with van der Waals surface area (Å²) >= 11 is 0. The van der Waals surface area contributed by atoms with Gasteiger partial charge in [-0.3, -0.25) is 9.52 Å². The van der Waals surface area contributed by atoms with Crippen molar-refractivity contribution in [2.24, 2.45) is 0 Å². The quantitative estimate of drug-likeness (QED) is 0.428. The average Bonchev–Trinajstić information content (AvgIpc) is 2.83. The highest BCUT2D eigenvalue weighted by Gasteiger charge is 2.17. The minimum Gasteiger partial charge on any atom is -0.496 e. The summed E-state index contributed by atoms with van der Waals surface area (Å²) in [6, 6.07) is 18.3. The molecule has 4 aromatic rings. The van der Waals surface area contributed by atoms with E-state index >= 15 is 0 Å². The Bertz CT molecular complexity index is 1420. The molecule has 0 aliphatic heterocycles. The monoisotopic (exact) mass is 464 g/mol. The van der Waals surface area contributed by atoms with Gasteiger partial charge in [0.15, 0.2) is 0 Å². The van der Waals surface area contributed by atoms with E-state index in [4.69, 9.17) is 9.47 Å². The Morgan fingerprint density at radius 1 is 0.879 bits per heavy atom. The molecule has 10 heteroatoms. The van der Waals surface area contributed by atoms with Crippen LogP contribution in [0, 0.1) is 0 Å². The lowest BCUT2D eigenvalue weighted by Crippen LogP contribution is -2.15. The molecule has 1 amide bonds. The largest absolute Gasteiger partial charge is 0.496 e. The molecule has 168 valence electrons. The second-order valence-corrected chi connectivity index (χ2v) is 8.61. The van der Waals surface area contributed by atoms with E-state index in [0.29, 0.717) is 17.0 Å². The van der Waals surface area contributed by atoms with E-state index < -0.39 is 10.0 Å². The predicted molar refractivity (Wildman–Crippen MR) is 124 cm³/mol. The third kappa shape index (κ3) is 4.85. The van der Waals surface area contributed by atoms with Crippen molar-refractivity contribution in [2.75, 3.05) is 24.3 Å². The predicted octanol–water partition coefficient (Wildman–Crippen LogP) is 3.70. The number of hydrogen-bond donors (Lipinski definition) is 2. The topological polar surface area (TPSA) is 120 Å². The van der Waals surface area contributed by atoms with Crippen LogP contribution >= 0.6 is 0 Å². The number of anilines is 2. The summed E-state index contributed by atoms with van der Waals surface area (Å²) in [6.07, 6.45) is 1.19. The zero-order valence-corrected chi connectivity index (χ0v) is 18.6. The number of nitrogens with one attached hydrogen (secondary N) is 2. The molecule has 2 N–H and O–H groups in total. The van der Waals surface area contributed by atoms with Gasteiger partial charge in [0, 0.05) is 11.8 Å². The third-order valence-electron chi connectivity index (χ3n) is 4.82. The highest BCUT2D eigenvalue weighted by Crippen LogP contribution is 2.27. The molecule has 0 aliphatic rings. The smallest absolute Gasteiger partial charge is 0.263 e. The van der Waals surface area contributed by atoms with Crippen LogP contribution in [0.3, 0.4) is 0 Å². The van der Waals surface area contributed by atoms with E-state index in [1.54, 1.807) is 12.1 Å². The zero-order chi connectivity index (χ0) is 23.4. The van der Waals surface area contributed by atoms with Crippen molar-refractivity contribution < 1.29 is 22.7 Å². The van der Waals surface area contributed by atoms with Gasteiger partial charge >= 0.3 is 0 Å². The number of hydrogen-bond acceptors (Lipinski definition) is 7. The van der Waals surface area contributed by atoms with Crippen molar-refractivity contribution in [3.05, 3.63) is 78.6 Å². The number of rotatable bonds is 7. The number of aromatic nitrogens is 2. The molecule has 0 saturated heterocycles. The normalized spacial score (nSPS) is 11.1. The first-order valence-electron chi connectivity index (χ1n) is 9.76. The summed E-state index contributed by atoms with van der Waals surface area (Å²) < 4.78 is 38.0. The maximum Gasteiger partial charge on any atom is 0.263 e. The van der Waals surface area contributed by atoms with Crippen molar-refractivity contribution in [3.63, 3.8) is 0 Å². The summed E-state index contributed by atoms with van der Waals surface area (Å²) in [7, 11) is -0.981.